The SMILES string of the molecule is C[C@](N)(Cc1ccccc1C#N)C(=O)O. The minimum atomic E-state index is -1.34. The molecule has 0 aliphatic rings. The maximum absolute atomic E-state index is 10.8. The molecule has 1 atom stereocenters. The molecule has 0 aliphatic carbocycles. The van der Waals surface area contributed by atoms with Crippen molar-refractivity contribution < 1.29 is 9.90 Å². The summed E-state index contributed by atoms with van der Waals surface area (Å²) in [6, 6.07) is 8.86. The number of nitrogens with zero attached hydrogens (tertiary/aromatic N) is 1. The van der Waals surface area contributed by atoms with Crippen LogP contribution >= 0.6 is 0 Å². The first kappa shape index (κ1) is 11.2. The van der Waals surface area contributed by atoms with Gasteiger partial charge in [-0.3, -0.25) is 4.79 Å². The van der Waals surface area contributed by atoms with Crippen molar-refractivity contribution in [3.8, 4) is 6.07 Å². The number of benzene rings is 1. The molecule has 1 rings (SSSR count). The molecule has 0 spiro atoms. The number of hydrogen-bond acceptors (Lipinski definition) is 3. The molecule has 0 aliphatic heterocycles. The lowest BCUT2D eigenvalue weighted by Gasteiger charge is -2.19. The molecule has 4 heteroatoms. The van der Waals surface area contributed by atoms with Crippen LogP contribution in [0.15, 0.2) is 24.3 Å². The number of aliphatic carboxylic acids is 1. The summed E-state index contributed by atoms with van der Waals surface area (Å²) in [4.78, 5) is 10.8. The fourth-order valence-electron chi connectivity index (χ4n) is 1.25. The molecule has 1 aromatic rings. The summed E-state index contributed by atoms with van der Waals surface area (Å²) in [5.74, 6) is -1.07. The molecular weight excluding hydrogens is 192 g/mol. The number of nitrogens with two attached hydrogens (primary N) is 1. The molecule has 1 aromatic carbocycles. The van der Waals surface area contributed by atoms with Crippen LogP contribution in [0.3, 0.4) is 0 Å². The van der Waals surface area contributed by atoms with E-state index in [0.717, 1.165) is 0 Å². The van der Waals surface area contributed by atoms with Gasteiger partial charge in [0.25, 0.3) is 0 Å². The summed E-state index contributed by atoms with van der Waals surface area (Å²) in [6.07, 6.45) is 0.145. The summed E-state index contributed by atoms with van der Waals surface area (Å²) in [6.45, 7) is 1.43. The van der Waals surface area contributed by atoms with Crippen molar-refractivity contribution in [3.05, 3.63) is 35.4 Å². The number of carboxylic acid groups (broad SMARTS) is 1. The number of rotatable bonds is 3. The van der Waals surface area contributed by atoms with E-state index in [4.69, 9.17) is 16.1 Å². The molecule has 0 amide bonds. The van der Waals surface area contributed by atoms with Gasteiger partial charge in [0, 0.05) is 6.42 Å². The van der Waals surface area contributed by atoms with Crippen molar-refractivity contribution in [2.24, 2.45) is 5.73 Å². The van der Waals surface area contributed by atoms with Crippen LogP contribution < -0.4 is 5.73 Å². The third kappa shape index (κ3) is 2.55. The van der Waals surface area contributed by atoms with Crippen LogP contribution in [0.25, 0.3) is 0 Å². The predicted molar refractivity (Wildman–Crippen MR) is 55.1 cm³/mol. The fourth-order valence-corrected chi connectivity index (χ4v) is 1.25. The maximum atomic E-state index is 10.8. The molecule has 0 fully saturated rings. The molecule has 0 radical (unpaired) electrons. The topological polar surface area (TPSA) is 87.1 Å². The average molecular weight is 204 g/mol. The van der Waals surface area contributed by atoms with Gasteiger partial charge in [-0.05, 0) is 18.6 Å². The number of carboxylic acids is 1. The van der Waals surface area contributed by atoms with Crippen LogP contribution in [-0.4, -0.2) is 16.6 Å². The van der Waals surface area contributed by atoms with Crippen molar-refractivity contribution in [1.82, 2.24) is 0 Å². The zero-order valence-electron chi connectivity index (χ0n) is 8.40. The monoisotopic (exact) mass is 204 g/mol. The van der Waals surface area contributed by atoms with Gasteiger partial charge in [0.1, 0.15) is 5.54 Å². The Morgan fingerprint density at radius 1 is 1.60 bits per heavy atom. The van der Waals surface area contributed by atoms with Gasteiger partial charge >= 0.3 is 5.97 Å². The van der Waals surface area contributed by atoms with Crippen LogP contribution in [0.5, 0.6) is 0 Å². The highest BCUT2D eigenvalue weighted by molar-refractivity contribution is 5.78. The van der Waals surface area contributed by atoms with Crippen molar-refractivity contribution in [2.75, 3.05) is 0 Å². The van der Waals surface area contributed by atoms with Crippen molar-refractivity contribution in [3.63, 3.8) is 0 Å². The Kier molecular flexibility index (Phi) is 3.08. The lowest BCUT2D eigenvalue weighted by Crippen LogP contribution is -2.46. The van der Waals surface area contributed by atoms with Crippen LogP contribution in [0, 0.1) is 11.3 Å². The quantitative estimate of drug-likeness (QED) is 0.765. The average Bonchev–Trinajstić information content (AvgIpc) is 2.18. The molecular formula is C11H12N2O2. The zero-order valence-corrected chi connectivity index (χ0v) is 8.40. The van der Waals surface area contributed by atoms with Gasteiger partial charge in [-0.2, -0.15) is 5.26 Å². The Bertz CT molecular complexity index is 419. The first-order valence-electron chi connectivity index (χ1n) is 4.47. The van der Waals surface area contributed by atoms with E-state index >= 15 is 0 Å². The molecule has 3 N–H and O–H groups in total. The van der Waals surface area contributed by atoms with E-state index in [-0.39, 0.29) is 6.42 Å². The van der Waals surface area contributed by atoms with Gasteiger partial charge in [0.05, 0.1) is 11.6 Å². The number of nitriles is 1. The molecule has 4 nitrogen and oxygen atoms in total. The lowest BCUT2D eigenvalue weighted by molar-refractivity contribution is -0.142. The predicted octanol–water partition coefficient (Wildman–Crippen LogP) is 0.903. The molecule has 0 saturated heterocycles. The summed E-state index contributed by atoms with van der Waals surface area (Å²) in [7, 11) is 0. The molecule has 78 valence electrons. The Hall–Kier alpha value is -1.86. The molecule has 0 saturated carbocycles. The Labute approximate surface area is 87.9 Å². The minimum Gasteiger partial charge on any atom is -0.480 e. The van der Waals surface area contributed by atoms with E-state index in [1.807, 2.05) is 6.07 Å². The largest absolute Gasteiger partial charge is 0.480 e. The highest BCUT2D eigenvalue weighted by atomic mass is 16.4. The van der Waals surface area contributed by atoms with Gasteiger partial charge in [0.2, 0.25) is 0 Å². The van der Waals surface area contributed by atoms with Gasteiger partial charge in [-0.25, -0.2) is 0 Å². The van der Waals surface area contributed by atoms with E-state index in [1.54, 1.807) is 24.3 Å². The van der Waals surface area contributed by atoms with Crippen LogP contribution in [0.4, 0.5) is 0 Å². The second-order valence-electron chi connectivity index (χ2n) is 3.67. The van der Waals surface area contributed by atoms with Crippen LogP contribution in [-0.2, 0) is 11.2 Å². The van der Waals surface area contributed by atoms with Crippen molar-refractivity contribution in [1.29, 1.82) is 5.26 Å². The standard InChI is InChI=1S/C11H12N2O2/c1-11(13,10(14)15)6-8-4-2-3-5-9(8)7-12/h2-5H,6,13H2,1H3,(H,14,15)/t11-/m0/s1. The number of hydrogen-bond donors (Lipinski definition) is 2. The maximum Gasteiger partial charge on any atom is 0.323 e. The summed E-state index contributed by atoms with van der Waals surface area (Å²) in [5.41, 5.74) is 5.39. The van der Waals surface area contributed by atoms with Crippen LogP contribution in [0.2, 0.25) is 0 Å². The molecule has 0 aromatic heterocycles. The molecule has 0 bridgehead atoms. The zero-order chi connectivity index (χ0) is 11.5. The molecule has 0 heterocycles. The third-order valence-corrected chi connectivity index (χ3v) is 2.18. The normalized spacial score (nSPS) is 13.9. The van der Waals surface area contributed by atoms with Gasteiger partial charge in [-0.15, -0.1) is 0 Å². The second-order valence-corrected chi connectivity index (χ2v) is 3.67. The Balaban J connectivity index is 3.00. The highest BCUT2D eigenvalue weighted by Crippen LogP contribution is 2.14. The molecule has 15 heavy (non-hydrogen) atoms. The summed E-state index contributed by atoms with van der Waals surface area (Å²) in [5, 5.41) is 17.7. The first-order valence-corrected chi connectivity index (χ1v) is 4.47. The van der Waals surface area contributed by atoms with E-state index in [2.05, 4.69) is 0 Å². The van der Waals surface area contributed by atoms with E-state index in [1.165, 1.54) is 6.92 Å². The van der Waals surface area contributed by atoms with Crippen molar-refractivity contribution >= 4 is 5.97 Å². The minimum absolute atomic E-state index is 0.145. The Morgan fingerprint density at radius 2 is 2.20 bits per heavy atom. The van der Waals surface area contributed by atoms with E-state index in [0.29, 0.717) is 11.1 Å². The highest BCUT2D eigenvalue weighted by Gasteiger charge is 2.28. The Morgan fingerprint density at radius 3 is 2.73 bits per heavy atom. The molecule has 0 unspecified atom stereocenters. The van der Waals surface area contributed by atoms with Gasteiger partial charge in [-0.1, -0.05) is 18.2 Å². The number of carbonyl (C=O) groups is 1. The first-order chi connectivity index (χ1) is 6.97. The van der Waals surface area contributed by atoms with Crippen molar-refractivity contribution in [2.45, 2.75) is 18.9 Å². The third-order valence-electron chi connectivity index (χ3n) is 2.18. The van der Waals surface area contributed by atoms with E-state index in [9.17, 15) is 4.79 Å². The fraction of sp³-hybridized carbons (Fsp3) is 0.273. The van der Waals surface area contributed by atoms with E-state index < -0.39 is 11.5 Å². The van der Waals surface area contributed by atoms with Gasteiger partial charge < -0.3 is 10.8 Å². The van der Waals surface area contributed by atoms with Crippen LogP contribution in [0.1, 0.15) is 18.1 Å². The summed E-state index contributed by atoms with van der Waals surface area (Å²) < 4.78 is 0. The summed E-state index contributed by atoms with van der Waals surface area (Å²) >= 11 is 0. The van der Waals surface area contributed by atoms with Gasteiger partial charge in [0.15, 0.2) is 0 Å². The second kappa shape index (κ2) is 4.11. The lowest BCUT2D eigenvalue weighted by atomic mass is 9.92. The smallest absolute Gasteiger partial charge is 0.323 e.